The van der Waals surface area contributed by atoms with E-state index in [9.17, 15) is 9.59 Å². The Labute approximate surface area is 287 Å². The van der Waals surface area contributed by atoms with Crippen LogP contribution < -0.4 is 10.6 Å². The zero-order valence-corrected chi connectivity index (χ0v) is 27.7. The van der Waals surface area contributed by atoms with Crippen molar-refractivity contribution in [2.24, 2.45) is 0 Å². The predicted molar refractivity (Wildman–Crippen MR) is 187 cm³/mol. The summed E-state index contributed by atoms with van der Waals surface area (Å²) in [5.74, 6) is -0.380. The first kappa shape index (κ1) is 33.6. The minimum Gasteiger partial charge on any atom is -0.465 e. The van der Waals surface area contributed by atoms with Crippen molar-refractivity contribution in [3.63, 3.8) is 0 Å². The van der Waals surface area contributed by atoms with E-state index in [0.717, 1.165) is 22.3 Å². The van der Waals surface area contributed by atoms with E-state index in [-0.39, 0.29) is 25.5 Å². The molecule has 1 atom stereocenters. The Morgan fingerprint density at radius 1 is 0.837 bits per heavy atom. The van der Waals surface area contributed by atoms with Crippen molar-refractivity contribution in [2.75, 3.05) is 26.4 Å². The number of carbonyl (C=O) groups is 2. The average Bonchev–Trinajstić information content (AvgIpc) is 3.61. The first-order valence-electron chi connectivity index (χ1n) is 16.7. The monoisotopic (exact) mass is 658 g/mol. The Morgan fingerprint density at radius 2 is 1.39 bits per heavy atom. The van der Waals surface area contributed by atoms with Gasteiger partial charge in [-0.3, -0.25) is 10.1 Å². The summed E-state index contributed by atoms with van der Waals surface area (Å²) < 4.78 is 18.8. The van der Waals surface area contributed by atoms with Gasteiger partial charge < -0.3 is 24.1 Å². The molecule has 0 bridgehead atoms. The molecule has 0 saturated carbocycles. The maximum absolute atomic E-state index is 13.5. The third kappa shape index (κ3) is 7.74. The normalized spacial score (nSPS) is 14.3. The molecular weight excluding hydrogens is 616 g/mol. The van der Waals surface area contributed by atoms with Crippen LogP contribution in [0.2, 0.25) is 0 Å². The average molecular weight is 659 g/mol. The van der Waals surface area contributed by atoms with Gasteiger partial charge in [-0.05, 0) is 28.7 Å². The molecule has 1 amide bonds. The molecule has 6 rings (SSSR count). The third-order valence-corrected chi connectivity index (χ3v) is 8.77. The number of ether oxygens (including phenoxy) is 3. The molecule has 1 saturated heterocycles. The lowest BCUT2D eigenvalue weighted by atomic mass is 9.77. The number of nitrogens with one attached hydrogen (secondary N) is 2. The van der Waals surface area contributed by atoms with Gasteiger partial charge in [0, 0.05) is 19.2 Å². The second-order valence-corrected chi connectivity index (χ2v) is 12.3. The summed E-state index contributed by atoms with van der Waals surface area (Å²) in [7, 11) is 0. The minimum absolute atomic E-state index is 0.161. The Hall–Kier alpha value is -5.25. The summed E-state index contributed by atoms with van der Waals surface area (Å²) in [4.78, 5) is 31.0. The molecule has 2 N–H and O–H groups in total. The predicted octanol–water partition coefficient (Wildman–Crippen LogP) is 5.87. The number of alkyl carbamates (subject to hydrolysis) is 1. The summed E-state index contributed by atoms with van der Waals surface area (Å²) in [5, 5.41) is 6.33. The van der Waals surface area contributed by atoms with Crippen LogP contribution in [0, 0.1) is 0 Å². The number of carbonyl (C=O) groups excluding carboxylic acids is 2. The number of hydrogen-bond acceptors (Lipinski definition) is 7. The Morgan fingerprint density at radius 3 is 1.90 bits per heavy atom. The van der Waals surface area contributed by atoms with E-state index in [2.05, 4.69) is 51.6 Å². The van der Waals surface area contributed by atoms with Gasteiger partial charge in [-0.2, -0.15) is 0 Å². The third-order valence-electron chi connectivity index (χ3n) is 8.77. The molecule has 1 fully saturated rings. The molecule has 49 heavy (non-hydrogen) atoms. The SMILES string of the molecule is CCCOC(=O)[C@H](Cc1cn(C(c2ccccc2)(c2ccccc2)c2ccccc2)cn1)NC1(CNC(=O)OCc2ccccc2)COC1. The summed E-state index contributed by atoms with van der Waals surface area (Å²) in [6, 6.07) is 39.8. The van der Waals surface area contributed by atoms with Crippen LogP contribution in [0.3, 0.4) is 0 Å². The van der Waals surface area contributed by atoms with Crippen LogP contribution in [0.4, 0.5) is 4.79 Å². The second kappa shape index (κ2) is 15.8. The van der Waals surface area contributed by atoms with Gasteiger partial charge in [-0.25, -0.2) is 9.78 Å². The van der Waals surface area contributed by atoms with Crippen molar-refractivity contribution in [1.29, 1.82) is 0 Å². The Kier molecular flexibility index (Phi) is 10.8. The molecule has 4 aromatic carbocycles. The van der Waals surface area contributed by atoms with Gasteiger partial charge in [0.1, 0.15) is 18.2 Å². The van der Waals surface area contributed by atoms with Crippen molar-refractivity contribution in [2.45, 2.75) is 43.5 Å². The van der Waals surface area contributed by atoms with E-state index >= 15 is 0 Å². The number of rotatable bonds is 15. The zero-order chi connectivity index (χ0) is 33.9. The Balaban J connectivity index is 1.26. The molecule has 5 aromatic rings. The molecule has 252 valence electrons. The van der Waals surface area contributed by atoms with E-state index < -0.39 is 23.2 Å². The first-order valence-corrected chi connectivity index (χ1v) is 16.7. The molecule has 1 aliphatic heterocycles. The number of imidazole rings is 1. The van der Waals surface area contributed by atoms with E-state index in [1.807, 2.05) is 104 Å². The molecule has 2 heterocycles. The van der Waals surface area contributed by atoms with Crippen molar-refractivity contribution >= 4 is 12.1 Å². The maximum atomic E-state index is 13.5. The van der Waals surface area contributed by atoms with Gasteiger partial charge >= 0.3 is 12.1 Å². The maximum Gasteiger partial charge on any atom is 0.407 e. The zero-order valence-electron chi connectivity index (χ0n) is 27.7. The highest BCUT2D eigenvalue weighted by molar-refractivity contribution is 5.76. The highest BCUT2D eigenvalue weighted by Gasteiger charge is 2.43. The lowest BCUT2D eigenvalue weighted by molar-refractivity contribution is -0.149. The topological polar surface area (TPSA) is 104 Å². The van der Waals surface area contributed by atoms with Crippen LogP contribution in [0.25, 0.3) is 0 Å². The highest BCUT2D eigenvalue weighted by Crippen LogP contribution is 2.40. The van der Waals surface area contributed by atoms with Crippen LogP contribution in [0.1, 0.15) is 41.3 Å². The lowest BCUT2D eigenvalue weighted by Crippen LogP contribution is -2.69. The number of benzene rings is 4. The van der Waals surface area contributed by atoms with Gasteiger partial charge in [0.2, 0.25) is 0 Å². The van der Waals surface area contributed by atoms with Crippen LogP contribution >= 0.6 is 0 Å². The van der Waals surface area contributed by atoms with Crippen LogP contribution in [0.15, 0.2) is 134 Å². The van der Waals surface area contributed by atoms with Gasteiger partial charge in [0.25, 0.3) is 0 Å². The summed E-state index contributed by atoms with van der Waals surface area (Å²) in [6.45, 7) is 3.27. The van der Waals surface area contributed by atoms with E-state index in [0.29, 0.717) is 31.9 Å². The van der Waals surface area contributed by atoms with Crippen molar-refractivity contribution in [3.8, 4) is 0 Å². The smallest absolute Gasteiger partial charge is 0.407 e. The number of hydrogen-bond donors (Lipinski definition) is 2. The van der Waals surface area contributed by atoms with Crippen LogP contribution in [-0.4, -0.2) is 59.6 Å². The number of esters is 1. The van der Waals surface area contributed by atoms with E-state index in [1.165, 1.54) is 0 Å². The van der Waals surface area contributed by atoms with Crippen molar-refractivity contribution in [3.05, 3.63) is 162 Å². The molecule has 9 heteroatoms. The highest BCUT2D eigenvalue weighted by atomic mass is 16.5. The van der Waals surface area contributed by atoms with Crippen LogP contribution in [-0.2, 0) is 37.6 Å². The summed E-state index contributed by atoms with van der Waals surface area (Å²) >= 11 is 0. The van der Waals surface area contributed by atoms with Gasteiger partial charge in [-0.15, -0.1) is 0 Å². The van der Waals surface area contributed by atoms with Gasteiger partial charge in [0.15, 0.2) is 0 Å². The van der Waals surface area contributed by atoms with Crippen molar-refractivity contribution < 1.29 is 23.8 Å². The summed E-state index contributed by atoms with van der Waals surface area (Å²) in [5.41, 5.74) is 3.42. The standard InChI is InChI=1S/C40H42N4O5/c1-2-23-48-37(45)36(43-39(28-47-29-39)27-41-38(46)49-26-31-15-7-3-8-16-31)24-35-25-44(30-42-35)40(32-17-9-4-10-18-32,33-19-11-5-12-20-33)34-21-13-6-14-22-34/h3-22,25,30,36,43H,2,23-24,26-29H2,1H3,(H,41,46)/t36-/m0/s1. The van der Waals surface area contributed by atoms with Crippen molar-refractivity contribution in [1.82, 2.24) is 20.2 Å². The molecule has 0 unspecified atom stereocenters. The molecule has 0 spiro atoms. The number of nitrogens with zero attached hydrogens (tertiary/aromatic N) is 2. The van der Waals surface area contributed by atoms with Gasteiger partial charge in [0.05, 0.1) is 37.4 Å². The van der Waals surface area contributed by atoms with E-state index in [1.54, 1.807) is 0 Å². The molecule has 1 aliphatic rings. The molecule has 1 aromatic heterocycles. The quantitative estimate of drug-likeness (QED) is 0.107. The largest absolute Gasteiger partial charge is 0.465 e. The lowest BCUT2D eigenvalue weighted by Gasteiger charge is -2.44. The molecular formula is C40H42N4O5. The fourth-order valence-electron chi connectivity index (χ4n) is 6.31. The number of amides is 1. The Bertz CT molecular complexity index is 1680. The van der Waals surface area contributed by atoms with Gasteiger partial charge in [-0.1, -0.05) is 128 Å². The second-order valence-electron chi connectivity index (χ2n) is 12.3. The van der Waals surface area contributed by atoms with E-state index in [4.69, 9.17) is 19.2 Å². The fraction of sp³-hybridized carbons (Fsp3) is 0.275. The summed E-state index contributed by atoms with van der Waals surface area (Å²) in [6.07, 6.45) is 4.27. The van der Waals surface area contributed by atoms with Crippen LogP contribution in [0.5, 0.6) is 0 Å². The fourth-order valence-corrected chi connectivity index (χ4v) is 6.31. The molecule has 0 aliphatic carbocycles. The molecule has 9 nitrogen and oxygen atoms in total. The molecule has 0 radical (unpaired) electrons. The number of aromatic nitrogens is 2. The minimum atomic E-state index is -0.736. The first-order chi connectivity index (χ1) is 24.0.